The summed E-state index contributed by atoms with van der Waals surface area (Å²) >= 11 is 1.70. The van der Waals surface area contributed by atoms with Gasteiger partial charge in [0, 0.05) is 18.5 Å². The average molecular weight is 308 g/mol. The van der Waals surface area contributed by atoms with Crippen LogP contribution in [-0.2, 0) is 0 Å². The molecule has 0 fully saturated rings. The Labute approximate surface area is 128 Å². The van der Waals surface area contributed by atoms with Gasteiger partial charge in [0.2, 0.25) is 0 Å². The minimum Gasteiger partial charge on any atom is -0.493 e. The van der Waals surface area contributed by atoms with E-state index < -0.39 is 0 Å². The standard InChI is InChI=1S/C14H20N4O2S/c1-10-6-12(14(15)17-19)7-11(2)13(10)20-5-3-4-18-9-21-8-16-18/h6-8,19H,3-5,9H2,1-2H3,(H2,15,17). The second kappa shape index (κ2) is 7.21. The molecule has 0 saturated carbocycles. The van der Waals surface area contributed by atoms with Crippen LogP contribution in [0, 0.1) is 13.8 Å². The quantitative estimate of drug-likeness (QED) is 0.276. The van der Waals surface area contributed by atoms with Gasteiger partial charge in [0.05, 0.1) is 18.0 Å². The highest BCUT2D eigenvalue weighted by atomic mass is 32.2. The molecule has 1 heterocycles. The van der Waals surface area contributed by atoms with E-state index >= 15 is 0 Å². The number of rotatable bonds is 6. The van der Waals surface area contributed by atoms with Crippen molar-refractivity contribution in [3.05, 3.63) is 28.8 Å². The Hall–Kier alpha value is -1.89. The van der Waals surface area contributed by atoms with Crippen molar-refractivity contribution in [1.82, 2.24) is 5.01 Å². The Morgan fingerprint density at radius 3 is 2.76 bits per heavy atom. The molecule has 0 radical (unpaired) electrons. The minimum atomic E-state index is 0.108. The van der Waals surface area contributed by atoms with Gasteiger partial charge in [0.25, 0.3) is 0 Å². The maximum Gasteiger partial charge on any atom is 0.170 e. The molecular formula is C14H20N4O2S. The summed E-state index contributed by atoms with van der Waals surface area (Å²) in [7, 11) is 0. The highest BCUT2D eigenvalue weighted by Gasteiger charge is 2.10. The molecule has 0 amide bonds. The molecule has 0 saturated heterocycles. The molecule has 0 atom stereocenters. The maximum absolute atomic E-state index is 8.73. The Bertz CT molecular complexity index is 537. The summed E-state index contributed by atoms with van der Waals surface area (Å²) in [5.41, 5.74) is 10.1. The van der Waals surface area contributed by atoms with E-state index in [1.807, 2.05) is 36.5 Å². The molecule has 0 aromatic heterocycles. The van der Waals surface area contributed by atoms with Gasteiger partial charge < -0.3 is 15.7 Å². The van der Waals surface area contributed by atoms with Gasteiger partial charge in [-0.15, -0.1) is 0 Å². The third-order valence-corrected chi connectivity index (χ3v) is 3.87. The van der Waals surface area contributed by atoms with E-state index in [9.17, 15) is 0 Å². The van der Waals surface area contributed by atoms with E-state index in [0.29, 0.717) is 12.2 Å². The summed E-state index contributed by atoms with van der Waals surface area (Å²) in [4.78, 5) is 0. The van der Waals surface area contributed by atoms with Gasteiger partial charge in [-0.25, -0.2) is 0 Å². The molecule has 2 rings (SSSR count). The molecule has 21 heavy (non-hydrogen) atoms. The Kier molecular flexibility index (Phi) is 5.32. The fourth-order valence-electron chi connectivity index (χ4n) is 2.18. The average Bonchev–Trinajstić information content (AvgIpc) is 2.97. The van der Waals surface area contributed by atoms with Crippen molar-refractivity contribution in [1.29, 1.82) is 0 Å². The van der Waals surface area contributed by atoms with Crippen molar-refractivity contribution < 1.29 is 9.94 Å². The summed E-state index contributed by atoms with van der Waals surface area (Å²) in [6.07, 6.45) is 0.915. The van der Waals surface area contributed by atoms with Gasteiger partial charge in [0.15, 0.2) is 5.84 Å². The van der Waals surface area contributed by atoms with Crippen LogP contribution >= 0.6 is 11.8 Å². The largest absolute Gasteiger partial charge is 0.493 e. The number of oxime groups is 1. The molecular weight excluding hydrogens is 288 g/mol. The molecule has 1 aliphatic heterocycles. The first kappa shape index (κ1) is 15.5. The fourth-order valence-corrected chi connectivity index (χ4v) is 2.81. The lowest BCUT2D eigenvalue weighted by molar-refractivity contribution is 0.264. The predicted octanol–water partition coefficient (Wildman–Crippen LogP) is 2.12. The van der Waals surface area contributed by atoms with E-state index in [4.69, 9.17) is 15.7 Å². The number of hydrogen-bond acceptors (Lipinski definition) is 6. The van der Waals surface area contributed by atoms with Crippen LogP contribution in [0.5, 0.6) is 5.75 Å². The van der Waals surface area contributed by atoms with Crippen molar-refractivity contribution in [2.24, 2.45) is 16.0 Å². The molecule has 3 N–H and O–H groups in total. The number of hydrogen-bond donors (Lipinski definition) is 2. The number of hydrazone groups is 1. The molecule has 0 bridgehead atoms. The second-order valence-electron chi connectivity index (χ2n) is 4.87. The second-order valence-corrected chi connectivity index (χ2v) is 5.68. The van der Waals surface area contributed by atoms with Gasteiger partial charge in [0.1, 0.15) is 5.75 Å². The first-order valence-corrected chi connectivity index (χ1v) is 7.77. The van der Waals surface area contributed by atoms with Crippen LogP contribution < -0.4 is 10.5 Å². The van der Waals surface area contributed by atoms with Crippen LogP contribution in [0.3, 0.4) is 0 Å². The van der Waals surface area contributed by atoms with Crippen molar-refractivity contribution in [3.8, 4) is 5.75 Å². The summed E-state index contributed by atoms with van der Waals surface area (Å²) in [6, 6.07) is 3.72. The monoisotopic (exact) mass is 308 g/mol. The summed E-state index contributed by atoms with van der Waals surface area (Å²) in [5, 5.41) is 18.0. The molecule has 1 aliphatic rings. The number of nitrogens with zero attached hydrogens (tertiary/aromatic N) is 3. The van der Waals surface area contributed by atoms with Crippen LogP contribution in [0.2, 0.25) is 0 Å². The van der Waals surface area contributed by atoms with Crippen LogP contribution in [0.15, 0.2) is 22.4 Å². The van der Waals surface area contributed by atoms with Gasteiger partial charge in [-0.1, -0.05) is 16.9 Å². The third-order valence-electron chi connectivity index (χ3n) is 3.18. The maximum atomic E-state index is 8.73. The Balaban J connectivity index is 1.92. The molecule has 0 aliphatic carbocycles. The molecule has 6 nitrogen and oxygen atoms in total. The first-order valence-electron chi connectivity index (χ1n) is 6.72. The van der Waals surface area contributed by atoms with Gasteiger partial charge >= 0.3 is 0 Å². The third kappa shape index (κ3) is 4.04. The number of benzene rings is 1. The number of thioether (sulfide) groups is 1. The number of ether oxygens (including phenoxy) is 1. The zero-order valence-electron chi connectivity index (χ0n) is 12.2. The summed E-state index contributed by atoms with van der Waals surface area (Å²) in [6.45, 7) is 5.45. The zero-order valence-corrected chi connectivity index (χ0v) is 13.1. The van der Waals surface area contributed by atoms with Gasteiger partial charge in [-0.2, -0.15) is 5.10 Å². The van der Waals surface area contributed by atoms with Gasteiger partial charge in [-0.3, -0.25) is 5.01 Å². The molecule has 7 heteroatoms. The van der Waals surface area contributed by atoms with E-state index in [-0.39, 0.29) is 5.84 Å². The normalized spacial score (nSPS) is 14.8. The topological polar surface area (TPSA) is 83.4 Å². The van der Waals surface area contributed by atoms with Crippen molar-refractivity contribution in [2.45, 2.75) is 20.3 Å². The Morgan fingerprint density at radius 2 is 2.19 bits per heavy atom. The molecule has 1 aromatic rings. The summed E-state index contributed by atoms with van der Waals surface area (Å²) in [5.74, 6) is 1.90. The number of nitrogens with two attached hydrogens (primary N) is 1. The lowest BCUT2D eigenvalue weighted by Gasteiger charge is -2.16. The highest BCUT2D eigenvalue weighted by Crippen LogP contribution is 2.25. The van der Waals surface area contributed by atoms with Crippen LogP contribution in [-0.4, -0.2) is 40.6 Å². The van der Waals surface area contributed by atoms with Crippen LogP contribution in [0.1, 0.15) is 23.1 Å². The lowest BCUT2D eigenvalue weighted by Crippen LogP contribution is -2.17. The predicted molar refractivity (Wildman–Crippen MR) is 86.2 cm³/mol. The van der Waals surface area contributed by atoms with Gasteiger partial charge in [-0.05, 0) is 37.1 Å². The Morgan fingerprint density at radius 1 is 1.48 bits per heavy atom. The van der Waals surface area contributed by atoms with Crippen molar-refractivity contribution in [3.63, 3.8) is 0 Å². The van der Waals surface area contributed by atoms with E-state index in [2.05, 4.69) is 10.3 Å². The summed E-state index contributed by atoms with van der Waals surface area (Å²) < 4.78 is 5.87. The molecule has 0 unspecified atom stereocenters. The smallest absolute Gasteiger partial charge is 0.170 e. The molecule has 1 aromatic carbocycles. The first-order chi connectivity index (χ1) is 10.1. The fraction of sp³-hybridized carbons (Fsp3) is 0.429. The van der Waals surface area contributed by atoms with Crippen LogP contribution in [0.4, 0.5) is 0 Å². The highest BCUT2D eigenvalue weighted by molar-refractivity contribution is 8.12. The number of amidine groups is 1. The van der Waals surface area contributed by atoms with E-state index in [0.717, 1.165) is 35.7 Å². The lowest BCUT2D eigenvalue weighted by atomic mass is 10.1. The molecule has 114 valence electrons. The zero-order chi connectivity index (χ0) is 15.2. The molecule has 0 spiro atoms. The van der Waals surface area contributed by atoms with Crippen LogP contribution in [0.25, 0.3) is 0 Å². The number of aryl methyl sites for hydroxylation is 2. The van der Waals surface area contributed by atoms with Crippen molar-refractivity contribution >= 4 is 23.1 Å². The van der Waals surface area contributed by atoms with E-state index in [1.165, 1.54) is 0 Å². The van der Waals surface area contributed by atoms with Crippen molar-refractivity contribution in [2.75, 3.05) is 19.0 Å². The minimum absolute atomic E-state index is 0.108. The SMILES string of the molecule is Cc1cc(C(N)=NO)cc(C)c1OCCCN1CSC=N1. The van der Waals surface area contributed by atoms with E-state index in [1.54, 1.807) is 11.8 Å².